The molecule has 1 atom stereocenters. The second-order valence-electron chi connectivity index (χ2n) is 7.41. The van der Waals surface area contributed by atoms with Crippen molar-refractivity contribution < 1.29 is 0 Å². The molecule has 26 heavy (non-hydrogen) atoms. The fourth-order valence-electron chi connectivity index (χ4n) is 4.31. The van der Waals surface area contributed by atoms with Crippen LogP contribution in [0.1, 0.15) is 36.9 Å². The van der Waals surface area contributed by atoms with Crippen LogP contribution in [0.15, 0.2) is 35.1 Å². The van der Waals surface area contributed by atoms with Crippen molar-refractivity contribution in [3.05, 3.63) is 51.9 Å². The molecule has 2 aromatic heterocycles. The maximum absolute atomic E-state index is 12.5. The lowest BCUT2D eigenvalue weighted by atomic mass is 9.97. The molecule has 1 aliphatic carbocycles. The van der Waals surface area contributed by atoms with Gasteiger partial charge in [0.2, 0.25) is 5.95 Å². The Bertz CT molecular complexity index is 972. The van der Waals surface area contributed by atoms with E-state index in [-0.39, 0.29) is 11.6 Å². The molecule has 0 spiro atoms. The summed E-state index contributed by atoms with van der Waals surface area (Å²) in [5, 5.41) is 4.69. The molecule has 0 amide bonds. The number of aryl methyl sites for hydroxylation is 2. The molecule has 1 N–H and O–H groups in total. The van der Waals surface area contributed by atoms with Crippen LogP contribution in [0.3, 0.4) is 0 Å². The highest BCUT2D eigenvalue weighted by Gasteiger charge is 2.28. The van der Waals surface area contributed by atoms with Gasteiger partial charge in [0, 0.05) is 12.6 Å². The second kappa shape index (κ2) is 6.27. The monoisotopic (exact) mass is 349 g/mol. The summed E-state index contributed by atoms with van der Waals surface area (Å²) in [7, 11) is 0. The molecule has 0 saturated carbocycles. The Kier molecular flexibility index (Phi) is 3.76. The van der Waals surface area contributed by atoms with Gasteiger partial charge in [0.15, 0.2) is 0 Å². The molecular formula is C20H23N5O. The number of H-pyrrole nitrogens is 1. The number of aromatic amines is 1. The maximum atomic E-state index is 12.5. The Labute approximate surface area is 151 Å². The minimum absolute atomic E-state index is 0.0297. The van der Waals surface area contributed by atoms with Crippen LogP contribution in [-0.4, -0.2) is 32.3 Å². The Balaban J connectivity index is 1.43. The summed E-state index contributed by atoms with van der Waals surface area (Å²) in [4.78, 5) is 23.0. The average molecular weight is 349 g/mol. The Morgan fingerprint density at radius 3 is 2.96 bits per heavy atom. The zero-order valence-electron chi connectivity index (χ0n) is 14.8. The Morgan fingerprint density at radius 1 is 1.15 bits per heavy atom. The van der Waals surface area contributed by atoms with Gasteiger partial charge >= 0.3 is 0 Å². The minimum Gasteiger partial charge on any atom is -0.338 e. The van der Waals surface area contributed by atoms with E-state index < -0.39 is 0 Å². The molecule has 1 aromatic carbocycles. The standard InChI is InChI=1S/C20H23N5O/c26-19-12-14-6-1-2-8-16(14)23-25(19)13-15-7-5-11-24(15)20-21-17-9-3-4-10-18(17)22-20/h3-4,9-10,12,15H,1-2,5-8,11,13H2,(H,21,22). The Hall–Kier alpha value is -2.63. The number of benzene rings is 1. The molecule has 5 rings (SSSR count). The first-order valence-corrected chi connectivity index (χ1v) is 9.59. The summed E-state index contributed by atoms with van der Waals surface area (Å²) in [6.45, 7) is 1.59. The van der Waals surface area contributed by atoms with Crippen molar-refractivity contribution >= 4 is 17.0 Å². The van der Waals surface area contributed by atoms with Gasteiger partial charge in [-0.1, -0.05) is 12.1 Å². The molecule has 6 heteroatoms. The number of para-hydroxylation sites is 2. The normalized spacial score (nSPS) is 19.8. The molecule has 0 radical (unpaired) electrons. The fraction of sp³-hybridized carbons (Fsp3) is 0.450. The molecule has 3 heterocycles. The van der Waals surface area contributed by atoms with Crippen molar-refractivity contribution in [1.82, 2.24) is 19.7 Å². The molecule has 0 bridgehead atoms. The summed E-state index contributed by atoms with van der Waals surface area (Å²) < 4.78 is 1.68. The molecule has 2 aliphatic rings. The van der Waals surface area contributed by atoms with Crippen LogP contribution in [0.25, 0.3) is 11.0 Å². The quantitative estimate of drug-likeness (QED) is 0.789. The van der Waals surface area contributed by atoms with E-state index in [2.05, 4.69) is 9.88 Å². The number of hydrogen-bond acceptors (Lipinski definition) is 4. The lowest BCUT2D eigenvalue weighted by Crippen LogP contribution is -2.38. The first-order valence-electron chi connectivity index (χ1n) is 9.59. The zero-order valence-corrected chi connectivity index (χ0v) is 14.8. The number of imidazole rings is 1. The van der Waals surface area contributed by atoms with Crippen LogP contribution in [0.5, 0.6) is 0 Å². The molecular weight excluding hydrogens is 326 g/mol. The van der Waals surface area contributed by atoms with Crippen LogP contribution < -0.4 is 10.5 Å². The third-order valence-corrected chi connectivity index (χ3v) is 5.68. The van der Waals surface area contributed by atoms with E-state index in [0.29, 0.717) is 6.54 Å². The number of hydrogen-bond donors (Lipinski definition) is 1. The van der Waals surface area contributed by atoms with E-state index >= 15 is 0 Å². The van der Waals surface area contributed by atoms with Crippen molar-refractivity contribution in [3.63, 3.8) is 0 Å². The van der Waals surface area contributed by atoms with Crippen molar-refractivity contribution in [2.24, 2.45) is 0 Å². The van der Waals surface area contributed by atoms with E-state index in [9.17, 15) is 4.79 Å². The summed E-state index contributed by atoms with van der Waals surface area (Å²) in [5.41, 5.74) is 4.33. The first kappa shape index (κ1) is 15.6. The van der Waals surface area contributed by atoms with Gasteiger partial charge in [0.05, 0.1) is 29.3 Å². The van der Waals surface area contributed by atoms with E-state index in [1.54, 1.807) is 4.68 Å². The summed E-state index contributed by atoms with van der Waals surface area (Å²) >= 11 is 0. The number of fused-ring (bicyclic) bond motifs is 2. The fourth-order valence-corrected chi connectivity index (χ4v) is 4.31. The van der Waals surface area contributed by atoms with Crippen molar-refractivity contribution in [2.45, 2.75) is 51.1 Å². The molecule has 1 fully saturated rings. The minimum atomic E-state index is 0.0297. The first-order chi connectivity index (χ1) is 12.8. The molecule has 1 aliphatic heterocycles. The van der Waals surface area contributed by atoms with Gasteiger partial charge in [-0.05, 0) is 56.2 Å². The van der Waals surface area contributed by atoms with E-state index in [0.717, 1.165) is 60.5 Å². The smallest absolute Gasteiger partial charge is 0.267 e. The van der Waals surface area contributed by atoms with Gasteiger partial charge < -0.3 is 9.88 Å². The van der Waals surface area contributed by atoms with E-state index in [4.69, 9.17) is 10.1 Å². The maximum Gasteiger partial charge on any atom is 0.267 e. The summed E-state index contributed by atoms with van der Waals surface area (Å²) in [5.74, 6) is 0.903. The van der Waals surface area contributed by atoms with Gasteiger partial charge in [0.1, 0.15) is 0 Å². The van der Waals surface area contributed by atoms with Crippen LogP contribution in [-0.2, 0) is 19.4 Å². The van der Waals surface area contributed by atoms with E-state index in [1.807, 2.05) is 30.3 Å². The second-order valence-corrected chi connectivity index (χ2v) is 7.41. The van der Waals surface area contributed by atoms with E-state index in [1.165, 1.54) is 12.8 Å². The molecule has 134 valence electrons. The van der Waals surface area contributed by atoms with Crippen LogP contribution in [0.2, 0.25) is 0 Å². The third-order valence-electron chi connectivity index (χ3n) is 5.68. The average Bonchev–Trinajstić information content (AvgIpc) is 3.28. The predicted molar refractivity (Wildman–Crippen MR) is 102 cm³/mol. The van der Waals surface area contributed by atoms with Gasteiger partial charge in [0.25, 0.3) is 5.56 Å². The molecule has 6 nitrogen and oxygen atoms in total. The summed E-state index contributed by atoms with van der Waals surface area (Å²) in [6, 6.07) is 10.2. The number of nitrogens with zero attached hydrogens (tertiary/aromatic N) is 4. The predicted octanol–water partition coefficient (Wildman–Crippen LogP) is 2.67. The topological polar surface area (TPSA) is 66.8 Å². The lowest BCUT2D eigenvalue weighted by Gasteiger charge is -2.25. The molecule has 1 saturated heterocycles. The van der Waals surface area contributed by atoms with Gasteiger partial charge in [-0.3, -0.25) is 4.79 Å². The number of aromatic nitrogens is 4. The number of anilines is 1. The van der Waals surface area contributed by atoms with Gasteiger partial charge in [-0.15, -0.1) is 0 Å². The third kappa shape index (κ3) is 2.69. The van der Waals surface area contributed by atoms with Crippen molar-refractivity contribution in [1.29, 1.82) is 0 Å². The van der Waals surface area contributed by atoms with Crippen LogP contribution >= 0.6 is 0 Å². The summed E-state index contributed by atoms with van der Waals surface area (Å²) in [6.07, 6.45) is 6.50. The Morgan fingerprint density at radius 2 is 2.04 bits per heavy atom. The van der Waals surface area contributed by atoms with Crippen molar-refractivity contribution in [2.75, 3.05) is 11.4 Å². The lowest BCUT2D eigenvalue weighted by molar-refractivity contribution is 0.471. The van der Waals surface area contributed by atoms with Gasteiger partial charge in [-0.25, -0.2) is 9.67 Å². The zero-order chi connectivity index (χ0) is 17.5. The molecule has 3 aromatic rings. The van der Waals surface area contributed by atoms with Crippen LogP contribution in [0, 0.1) is 0 Å². The SMILES string of the molecule is O=c1cc2c(nn1CC1CCCN1c1nc3ccccc3[nH]1)CCCC2. The highest BCUT2D eigenvalue weighted by atomic mass is 16.1. The number of rotatable bonds is 3. The van der Waals surface area contributed by atoms with Crippen molar-refractivity contribution in [3.8, 4) is 0 Å². The largest absolute Gasteiger partial charge is 0.338 e. The highest BCUT2D eigenvalue weighted by molar-refractivity contribution is 5.77. The number of nitrogens with one attached hydrogen (secondary N) is 1. The van der Waals surface area contributed by atoms with Crippen LogP contribution in [0.4, 0.5) is 5.95 Å². The van der Waals surface area contributed by atoms with Gasteiger partial charge in [-0.2, -0.15) is 5.10 Å². The molecule has 1 unspecified atom stereocenters. The highest BCUT2D eigenvalue weighted by Crippen LogP contribution is 2.26.